The second-order valence-electron chi connectivity index (χ2n) is 5.55. The Balaban J connectivity index is 2.07. The maximum absolute atomic E-state index is 11.1. The Hall–Kier alpha value is -3.65. The summed E-state index contributed by atoms with van der Waals surface area (Å²) >= 11 is 0. The number of benzene rings is 2. The number of amides is 1. The van der Waals surface area contributed by atoms with Crippen LogP contribution < -0.4 is 11.1 Å². The molecule has 0 aliphatic heterocycles. The third-order valence-corrected chi connectivity index (χ3v) is 3.75. The van der Waals surface area contributed by atoms with Crippen molar-refractivity contribution in [3.8, 4) is 28.5 Å². The first-order valence-corrected chi connectivity index (χ1v) is 7.72. The number of carbonyl (C=O) groups is 1. The summed E-state index contributed by atoms with van der Waals surface area (Å²) in [5, 5.41) is 12.2. The number of nitrogens with zero attached hydrogens (tertiary/aromatic N) is 2. The van der Waals surface area contributed by atoms with E-state index in [0.717, 1.165) is 16.7 Å². The molecular formula is C20H16N4O. The fourth-order valence-electron chi connectivity index (χ4n) is 2.60. The van der Waals surface area contributed by atoms with Crippen LogP contribution in [-0.4, -0.2) is 10.9 Å². The van der Waals surface area contributed by atoms with Crippen molar-refractivity contribution in [3.05, 3.63) is 66.2 Å². The summed E-state index contributed by atoms with van der Waals surface area (Å²) in [4.78, 5) is 15.5. The van der Waals surface area contributed by atoms with Crippen molar-refractivity contribution in [3.63, 3.8) is 0 Å². The average Bonchev–Trinajstić information content (AvgIpc) is 2.62. The van der Waals surface area contributed by atoms with Gasteiger partial charge in [0.15, 0.2) is 0 Å². The van der Waals surface area contributed by atoms with E-state index >= 15 is 0 Å². The maximum Gasteiger partial charge on any atom is 0.221 e. The Kier molecular flexibility index (Phi) is 4.44. The van der Waals surface area contributed by atoms with Gasteiger partial charge in [-0.25, -0.2) is 4.98 Å². The molecule has 0 radical (unpaired) electrons. The van der Waals surface area contributed by atoms with E-state index in [1.807, 2.05) is 48.5 Å². The molecule has 5 nitrogen and oxygen atoms in total. The fraction of sp³-hybridized carbons (Fsp3) is 0.0500. The summed E-state index contributed by atoms with van der Waals surface area (Å²) < 4.78 is 0. The van der Waals surface area contributed by atoms with Crippen LogP contribution in [0, 0.1) is 11.3 Å². The summed E-state index contributed by atoms with van der Waals surface area (Å²) in [5.41, 5.74) is 10.3. The van der Waals surface area contributed by atoms with Crippen molar-refractivity contribution in [2.75, 3.05) is 11.1 Å². The van der Waals surface area contributed by atoms with Gasteiger partial charge in [-0.05, 0) is 23.8 Å². The third kappa shape index (κ3) is 3.48. The van der Waals surface area contributed by atoms with E-state index in [1.165, 1.54) is 6.92 Å². The molecule has 1 amide bonds. The van der Waals surface area contributed by atoms with Crippen LogP contribution >= 0.6 is 0 Å². The molecule has 2 aromatic carbocycles. The van der Waals surface area contributed by atoms with Crippen LogP contribution in [0.5, 0.6) is 0 Å². The molecule has 3 aromatic rings. The molecule has 0 aliphatic carbocycles. The zero-order valence-electron chi connectivity index (χ0n) is 13.7. The number of nitrogen functional groups attached to an aromatic ring is 1. The average molecular weight is 328 g/mol. The van der Waals surface area contributed by atoms with Gasteiger partial charge in [-0.1, -0.05) is 42.5 Å². The topological polar surface area (TPSA) is 91.8 Å². The van der Waals surface area contributed by atoms with Crippen molar-refractivity contribution in [2.45, 2.75) is 6.92 Å². The van der Waals surface area contributed by atoms with Crippen molar-refractivity contribution in [2.24, 2.45) is 0 Å². The largest absolute Gasteiger partial charge is 0.383 e. The highest BCUT2D eigenvalue weighted by Crippen LogP contribution is 2.31. The number of nitriles is 1. The van der Waals surface area contributed by atoms with Gasteiger partial charge >= 0.3 is 0 Å². The van der Waals surface area contributed by atoms with Crippen LogP contribution in [0.3, 0.4) is 0 Å². The number of carbonyl (C=O) groups excluding carboxylic acids is 1. The minimum atomic E-state index is -0.125. The van der Waals surface area contributed by atoms with Gasteiger partial charge < -0.3 is 11.1 Å². The molecular weight excluding hydrogens is 312 g/mol. The van der Waals surface area contributed by atoms with E-state index in [2.05, 4.69) is 16.4 Å². The van der Waals surface area contributed by atoms with Gasteiger partial charge in [-0.15, -0.1) is 0 Å². The molecule has 0 saturated carbocycles. The third-order valence-electron chi connectivity index (χ3n) is 3.75. The van der Waals surface area contributed by atoms with Crippen LogP contribution in [0.1, 0.15) is 12.5 Å². The van der Waals surface area contributed by atoms with E-state index in [4.69, 9.17) is 5.73 Å². The second-order valence-corrected chi connectivity index (χ2v) is 5.55. The SMILES string of the molecule is CC(=O)Nc1ccc(-c2cc(-c3ccccc3)c(C#N)c(N)n2)cc1. The first-order chi connectivity index (χ1) is 12.1. The van der Waals surface area contributed by atoms with Crippen LogP contribution in [0.15, 0.2) is 60.7 Å². The van der Waals surface area contributed by atoms with Crippen molar-refractivity contribution in [1.82, 2.24) is 4.98 Å². The molecule has 0 saturated heterocycles. The molecule has 122 valence electrons. The molecule has 1 aromatic heterocycles. The van der Waals surface area contributed by atoms with Crippen LogP contribution in [0.25, 0.3) is 22.4 Å². The number of nitrogens with one attached hydrogen (secondary N) is 1. The minimum absolute atomic E-state index is 0.125. The van der Waals surface area contributed by atoms with E-state index in [0.29, 0.717) is 16.9 Å². The van der Waals surface area contributed by atoms with Gasteiger partial charge in [0, 0.05) is 23.7 Å². The van der Waals surface area contributed by atoms with Crippen molar-refractivity contribution < 1.29 is 4.79 Å². The van der Waals surface area contributed by atoms with Gasteiger partial charge in [0.25, 0.3) is 0 Å². The van der Waals surface area contributed by atoms with Crippen LogP contribution in [-0.2, 0) is 4.79 Å². The smallest absolute Gasteiger partial charge is 0.221 e. The number of nitrogens with two attached hydrogens (primary N) is 1. The van der Waals surface area contributed by atoms with E-state index in [9.17, 15) is 10.1 Å². The predicted molar refractivity (Wildman–Crippen MR) is 98.5 cm³/mol. The molecule has 0 atom stereocenters. The first kappa shape index (κ1) is 16.2. The van der Waals surface area contributed by atoms with Gasteiger partial charge in [0.1, 0.15) is 17.5 Å². The number of anilines is 2. The molecule has 1 heterocycles. The summed E-state index contributed by atoms with van der Waals surface area (Å²) in [6, 6.07) is 20.9. The number of rotatable bonds is 3. The standard InChI is InChI=1S/C20H16N4O/c1-13(25)23-16-9-7-15(8-10-16)19-11-17(14-5-3-2-4-6-14)18(12-21)20(22)24-19/h2-11H,1H3,(H2,22,24)(H,23,25). The number of hydrogen-bond acceptors (Lipinski definition) is 4. The fourth-order valence-corrected chi connectivity index (χ4v) is 2.60. The minimum Gasteiger partial charge on any atom is -0.383 e. The number of aromatic nitrogens is 1. The molecule has 0 fully saturated rings. The molecule has 5 heteroatoms. The molecule has 25 heavy (non-hydrogen) atoms. The lowest BCUT2D eigenvalue weighted by Gasteiger charge is -2.11. The van der Waals surface area contributed by atoms with E-state index < -0.39 is 0 Å². The maximum atomic E-state index is 11.1. The molecule has 3 rings (SSSR count). The second kappa shape index (κ2) is 6.85. The van der Waals surface area contributed by atoms with Gasteiger partial charge in [0.2, 0.25) is 5.91 Å². The summed E-state index contributed by atoms with van der Waals surface area (Å²) in [6.45, 7) is 1.46. The lowest BCUT2D eigenvalue weighted by atomic mass is 9.98. The summed E-state index contributed by atoms with van der Waals surface area (Å²) in [7, 11) is 0. The Morgan fingerprint density at radius 3 is 2.36 bits per heavy atom. The highest BCUT2D eigenvalue weighted by atomic mass is 16.1. The predicted octanol–water partition coefficient (Wildman–Crippen LogP) is 3.83. The number of pyridine rings is 1. The molecule has 0 aliphatic rings. The Labute approximate surface area is 145 Å². The molecule has 0 bridgehead atoms. The molecule has 3 N–H and O–H groups in total. The Bertz CT molecular complexity index is 957. The van der Waals surface area contributed by atoms with Crippen molar-refractivity contribution >= 4 is 17.4 Å². The van der Waals surface area contributed by atoms with E-state index in [1.54, 1.807) is 12.1 Å². The monoisotopic (exact) mass is 328 g/mol. The lowest BCUT2D eigenvalue weighted by molar-refractivity contribution is -0.114. The van der Waals surface area contributed by atoms with Crippen molar-refractivity contribution in [1.29, 1.82) is 5.26 Å². The zero-order valence-corrected chi connectivity index (χ0v) is 13.7. The van der Waals surface area contributed by atoms with E-state index in [-0.39, 0.29) is 11.7 Å². The highest BCUT2D eigenvalue weighted by Gasteiger charge is 2.13. The summed E-state index contributed by atoms with van der Waals surface area (Å²) in [6.07, 6.45) is 0. The quantitative estimate of drug-likeness (QED) is 0.764. The van der Waals surface area contributed by atoms with Gasteiger partial charge in [0.05, 0.1) is 5.69 Å². The summed E-state index contributed by atoms with van der Waals surface area (Å²) in [5.74, 6) is 0.0737. The zero-order chi connectivity index (χ0) is 17.8. The van der Waals surface area contributed by atoms with Crippen LogP contribution in [0.4, 0.5) is 11.5 Å². The Morgan fingerprint density at radius 1 is 1.08 bits per heavy atom. The normalized spacial score (nSPS) is 10.1. The Morgan fingerprint density at radius 2 is 1.76 bits per heavy atom. The first-order valence-electron chi connectivity index (χ1n) is 7.72. The highest BCUT2D eigenvalue weighted by molar-refractivity contribution is 5.89. The van der Waals surface area contributed by atoms with Gasteiger partial charge in [-0.3, -0.25) is 4.79 Å². The number of hydrogen-bond donors (Lipinski definition) is 2. The lowest BCUT2D eigenvalue weighted by Crippen LogP contribution is -2.05. The molecule has 0 unspecified atom stereocenters. The van der Waals surface area contributed by atoms with Crippen LogP contribution in [0.2, 0.25) is 0 Å². The van der Waals surface area contributed by atoms with Gasteiger partial charge in [-0.2, -0.15) is 5.26 Å². The molecule has 0 spiro atoms.